The molecular weight excluding hydrogens is 243 g/mol. The first-order valence-electron chi connectivity index (χ1n) is 5.46. The van der Waals surface area contributed by atoms with Crippen LogP contribution in [0.2, 0.25) is 5.02 Å². The van der Waals surface area contributed by atoms with E-state index in [4.69, 9.17) is 11.6 Å². The van der Waals surface area contributed by atoms with E-state index in [1.807, 2.05) is 13.8 Å². The Morgan fingerprint density at radius 3 is 2.41 bits per heavy atom. The molecule has 0 bridgehead atoms. The van der Waals surface area contributed by atoms with E-state index in [-0.39, 0.29) is 10.4 Å². The highest BCUT2D eigenvalue weighted by molar-refractivity contribution is 6.31. The maximum Gasteiger partial charge on any atom is 0.314 e. The maximum absolute atomic E-state index is 13.0. The molecule has 0 spiro atoms. The summed E-state index contributed by atoms with van der Waals surface area (Å²) in [5.41, 5.74) is -0.433. The van der Waals surface area contributed by atoms with Gasteiger partial charge in [0.1, 0.15) is 5.82 Å². The Bertz CT molecular complexity index is 474. The van der Waals surface area contributed by atoms with E-state index >= 15 is 0 Å². The summed E-state index contributed by atoms with van der Waals surface area (Å²) in [6.45, 7) is 4.04. The molecule has 1 aromatic rings. The zero-order valence-corrected chi connectivity index (χ0v) is 10.5. The Morgan fingerprint density at radius 1 is 1.41 bits per heavy atom. The fourth-order valence-electron chi connectivity index (χ4n) is 2.92. The fourth-order valence-corrected chi connectivity index (χ4v) is 3.26. The topological polar surface area (TPSA) is 37.3 Å². The standard InChI is InChI=1S/C13H14ClFO2/c1-12(2)6-13(7-12,11(16)17)9-4-3-8(15)5-10(9)14/h3-5H,6-7H2,1-2H3,(H,16,17). The molecule has 2 rings (SSSR count). The van der Waals surface area contributed by atoms with Crippen LogP contribution in [0.15, 0.2) is 18.2 Å². The Kier molecular flexibility index (Phi) is 2.69. The summed E-state index contributed by atoms with van der Waals surface area (Å²) < 4.78 is 13.0. The number of hydrogen-bond donors (Lipinski definition) is 1. The highest BCUT2D eigenvalue weighted by atomic mass is 35.5. The predicted octanol–water partition coefficient (Wildman–Crippen LogP) is 3.62. The molecule has 1 N–H and O–H groups in total. The van der Waals surface area contributed by atoms with E-state index in [1.165, 1.54) is 18.2 Å². The minimum Gasteiger partial charge on any atom is -0.481 e. The van der Waals surface area contributed by atoms with Crippen LogP contribution in [-0.4, -0.2) is 11.1 Å². The second-order valence-electron chi connectivity index (χ2n) is 5.53. The number of aliphatic carboxylic acids is 1. The van der Waals surface area contributed by atoms with Crippen LogP contribution in [0.5, 0.6) is 0 Å². The molecule has 0 aromatic heterocycles. The van der Waals surface area contributed by atoms with E-state index in [0.717, 1.165) is 0 Å². The van der Waals surface area contributed by atoms with Gasteiger partial charge in [-0.2, -0.15) is 0 Å². The van der Waals surface area contributed by atoms with Crippen LogP contribution < -0.4 is 0 Å². The first kappa shape index (κ1) is 12.4. The summed E-state index contributed by atoms with van der Waals surface area (Å²) >= 11 is 5.96. The SMILES string of the molecule is CC1(C)CC(C(=O)O)(c2ccc(F)cc2Cl)C1. The Hall–Kier alpha value is -1.09. The second kappa shape index (κ2) is 3.70. The van der Waals surface area contributed by atoms with Crippen molar-refractivity contribution in [3.05, 3.63) is 34.6 Å². The van der Waals surface area contributed by atoms with Gasteiger partial charge in [0.25, 0.3) is 0 Å². The number of hydrogen-bond acceptors (Lipinski definition) is 1. The van der Waals surface area contributed by atoms with Gasteiger partial charge in [-0.15, -0.1) is 0 Å². The van der Waals surface area contributed by atoms with Crippen molar-refractivity contribution in [2.24, 2.45) is 5.41 Å². The smallest absolute Gasteiger partial charge is 0.314 e. The van der Waals surface area contributed by atoms with E-state index in [0.29, 0.717) is 18.4 Å². The van der Waals surface area contributed by atoms with Gasteiger partial charge in [0, 0.05) is 5.02 Å². The molecule has 1 aliphatic carbocycles. The van der Waals surface area contributed by atoms with E-state index in [2.05, 4.69) is 0 Å². The third-order valence-corrected chi connectivity index (χ3v) is 3.73. The van der Waals surface area contributed by atoms with Crippen molar-refractivity contribution in [2.45, 2.75) is 32.1 Å². The zero-order chi connectivity index (χ0) is 12.8. The monoisotopic (exact) mass is 256 g/mol. The molecule has 2 nitrogen and oxygen atoms in total. The normalized spacial score (nSPS) is 20.7. The lowest BCUT2D eigenvalue weighted by atomic mass is 9.52. The third-order valence-electron chi connectivity index (χ3n) is 3.42. The minimum atomic E-state index is -0.950. The van der Waals surface area contributed by atoms with Crippen LogP contribution in [0.25, 0.3) is 0 Å². The summed E-state index contributed by atoms with van der Waals surface area (Å²) in [4.78, 5) is 11.5. The number of benzene rings is 1. The molecule has 0 unspecified atom stereocenters. The Morgan fingerprint density at radius 2 is 2.00 bits per heavy atom. The molecule has 17 heavy (non-hydrogen) atoms. The van der Waals surface area contributed by atoms with Crippen LogP contribution in [-0.2, 0) is 10.2 Å². The van der Waals surface area contributed by atoms with Gasteiger partial charge >= 0.3 is 5.97 Å². The van der Waals surface area contributed by atoms with Crippen molar-refractivity contribution in [3.8, 4) is 0 Å². The summed E-state index contributed by atoms with van der Waals surface area (Å²) in [6, 6.07) is 3.92. The highest BCUT2D eigenvalue weighted by Crippen LogP contribution is 2.56. The molecule has 0 saturated heterocycles. The van der Waals surface area contributed by atoms with Crippen molar-refractivity contribution in [1.82, 2.24) is 0 Å². The highest BCUT2D eigenvalue weighted by Gasteiger charge is 2.56. The van der Waals surface area contributed by atoms with Gasteiger partial charge in [0.15, 0.2) is 0 Å². The van der Waals surface area contributed by atoms with Crippen molar-refractivity contribution in [3.63, 3.8) is 0 Å². The average molecular weight is 257 g/mol. The summed E-state index contributed by atoms with van der Waals surface area (Å²) in [5, 5.41) is 9.61. The lowest BCUT2D eigenvalue weighted by molar-refractivity contribution is -0.153. The second-order valence-corrected chi connectivity index (χ2v) is 5.94. The van der Waals surface area contributed by atoms with Crippen LogP contribution in [0, 0.1) is 11.2 Å². The average Bonchev–Trinajstić information content (AvgIpc) is 2.13. The van der Waals surface area contributed by atoms with Gasteiger partial charge in [0.2, 0.25) is 0 Å². The number of carboxylic acids is 1. The molecule has 92 valence electrons. The van der Waals surface area contributed by atoms with Crippen molar-refractivity contribution in [2.75, 3.05) is 0 Å². The van der Waals surface area contributed by atoms with Gasteiger partial charge in [-0.05, 0) is 36.0 Å². The quantitative estimate of drug-likeness (QED) is 0.877. The zero-order valence-electron chi connectivity index (χ0n) is 9.76. The maximum atomic E-state index is 13.0. The number of halogens is 2. The van der Waals surface area contributed by atoms with Gasteiger partial charge in [-0.3, -0.25) is 4.79 Å². The summed E-state index contributed by atoms with van der Waals surface area (Å²) in [6.07, 6.45) is 1.06. The molecule has 0 heterocycles. The van der Waals surface area contributed by atoms with Gasteiger partial charge in [-0.25, -0.2) is 4.39 Å². The number of carbonyl (C=O) groups is 1. The van der Waals surface area contributed by atoms with Gasteiger partial charge in [-0.1, -0.05) is 31.5 Å². The molecule has 0 aliphatic heterocycles. The van der Waals surface area contributed by atoms with Crippen LogP contribution in [0.3, 0.4) is 0 Å². The van der Waals surface area contributed by atoms with E-state index in [9.17, 15) is 14.3 Å². The molecular formula is C13H14ClFO2. The predicted molar refractivity (Wildman–Crippen MR) is 63.7 cm³/mol. The lowest BCUT2D eigenvalue weighted by Crippen LogP contribution is -2.52. The molecule has 1 fully saturated rings. The van der Waals surface area contributed by atoms with Crippen LogP contribution >= 0.6 is 11.6 Å². The molecule has 1 aromatic carbocycles. The van der Waals surface area contributed by atoms with E-state index < -0.39 is 17.2 Å². The molecule has 0 amide bonds. The molecule has 4 heteroatoms. The van der Waals surface area contributed by atoms with Crippen LogP contribution in [0.4, 0.5) is 4.39 Å². The molecule has 1 aliphatic rings. The summed E-state index contributed by atoms with van der Waals surface area (Å²) in [7, 11) is 0. The first-order chi connectivity index (χ1) is 7.77. The van der Waals surface area contributed by atoms with Gasteiger partial charge in [0.05, 0.1) is 5.41 Å². The fraction of sp³-hybridized carbons (Fsp3) is 0.462. The lowest BCUT2D eigenvalue weighted by Gasteiger charge is -2.50. The first-order valence-corrected chi connectivity index (χ1v) is 5.84. The van der Waals surface area contributed by atoms with Crippen molar-refractivity contribution < 1.29 is 14.3 Å². The van der Waals surface area contributed by atoms with E-state index in [1.54, 1.807) is 0 Å². The molecule has 0 atom stereocenters. The summed E-state index contributed by atoms with van der Waals surface area (Å²) in [5.74, 6) is -1.33. The van der Waals surface area contributed by atoms with Gasteiger partial charge < -0.3 is 5.11 Å². The van der Waals surface area contributed by atoms with Crippen molar-refractivity contribution in [1.29, 1.82) is 0 Å². The largest absolute Gasteiger partial charge is 0.481 e. The Balaban J connectivity index is 2.46. The minimum absolute atomic E-state index is 0.00386. The third kappa shape index (κ3) is 1.93. The Labute approximate surface area is 104 Å². The number of rotatable bonds is 2. The van der Waals surface area contributed by atoms with Crippen LogP contribution in [0.1, 0.15) is 32.3 Å². The van der Waals surface area contributed by atoms with Crippen molar-refractivity contribution >= 4 is 17.6 Å². The molecule has 1 saturated carbocycles. The number of carboxylic acid groups (broad SMARTS) is 1. The molecule has 0 radical (unpaired) electrons.